The molecule has 2 aromatic carbocycles. The molecule has 1 unspecified atom stereocenters. The topological polar surface area (TPSA) is 55.8 Å². The number of aliphatic hydroxyl groups excluding tert-OH is 1. The van der Waals surface area contributed by atoms with Crippen molar-refractivity contribution in [2.75, 3.05) is 13.7 Å². The molecule has 0 saturated carbocycles. The highest BCUT2D eigenvalue weighted by atomic mass is 19.2. The van der Waals surface area contributed by atoms with E-state index in [1.54, 1.807) is 18.2 Å². The smallest absolute Gasteiger partial charge is 0.341 e. The Morgan fingerprint density at radius 3 is 2.59 bits per heavy atom. The average molecular weight is 308 g/mol. The minimum Gasteiger partial charge on any atom is -0.490 e. The SMILES string of the molecule is COC(=O)c1ccccc1OCC(O)c1ccc(F)c(F)c1. The standard InChI is InChI=1S/C16H14F2O4/c1-21-16(20)11-4-2-3-5-15(11)22-9-14(19)10-6-7-12(17)13(18)8-10/h2-8,14,19H,9H2,1H3. The molecule has 0 fully saturated rings. The van der Waals surface area contributed by atoms with Crippen LogP contribution in [0.3, 0.4) is 0 Å². The van der Waals surface area contributed by atoms with Gasteiger partial charge in [-0.25, -0.2) is 13.6 Å². The third-order valence-corrected chi connectivity index (χ3v) is 3.02. The lowest BCUT2D eigenvalue weighted by Gasteiger charge is -2.14. The number of benzene rings is 2. The molecule has 6 heteroatoms. The van der Waals surface area contributed by atoms with E-state index in [1.807, 2.05) is 0 Å². The van der Waals surface area contributed by atoms with E-state index in [4.69, 9.17) is 4.74 Å². The number of aliphatic hydroxyl groups is 1. The number of rotatable bonds is 5. The van der Waals surface area contributed by atoms with Crippen molar-refractivity contribution in [1.82, 2.24) is 0 Å². The molecule has 0 aromatic heterocycles. The number of esters is 1. The van der Waals surface area contributed by atoms with Crippen molar-refractivity contribution >= 4 is 5.97 Å². The highest BCUT2D eigenvalue weighted by Gasteiger charge is 2.15. The summed E-state index contributed by atoms with van der Waals surface area (Å²) in [6.45, 7) is -0.223. The number of ether oxygens (including phenoxy) is 2. The second-order valence-corrected chi connectivity index (χ2v) is 4.49. The first kappa shape index (κ1) is 15.9. The molecule has 22 heavy (non-hydrogen) atoms. The molecule has 2 rings (SSSR count). The number of hydrogen-bond donors (Lipinski definition) is 1. The molecule has 0 heterocycles. The summed E-state index contributed by atoms with van der Waals surface area (Å²) in [6.07, 6.45) is -1.17. The van der Waals surface area contributed by atoms with Crippen molar-refractivity contribution in [3.63, 3.8) is 0 Å². The summed E-state index contributed by atoms with van der Waals surface area (Å²) in [5, 5.41) is 9.95. The van der Waals surface area contributed by atoms with Crippen LogP contribution in [0.1, 0.15) is 22.0 Å². The van der Waals surface area contributed by atoms with Crippen LogP contribution in [0.5, 0.6) is 5.75 Å². The summed E-state index contributed by atoms with van der Waals surface area (Å²) >= 11 is 0. The monoisotopic (exact) mass is 308 g/mol. The zero-order chi connectivity index (χ0) is 16.1. The van der Waals surface area contributed by atoms with Crippen molar-refractivity contribution in [3.8, 4) is 5.75 Å². The Kier molecular flexibility index (Phi) is 5.06. The van der Waals surface area contributed by atoms with Crippen LogP contribution in [0.2, 0.25) is 0 Å². The molecule has 1 N–H and O–H groups in total. The van der Waals surface area contributed by atoms with Crippen molar-refractivity contribution in [2.24, 2.45) is 0 Å². The molecular weight excluding hydrogens is 294 g/mol. The molecule has 0 aliphatic carbocycles. The zero-order valence-electron chi connectivity index (χ0n) is 11.8. The molecule has 116 valence electrons. The van der Waals surface area contributed by atoms with Gasteiger partial charge in [0.1, 0.15) is 24.0 Å². The predicted octanol–water partition coefficient (Wildman–Crippen LogP) is 2.86. The summed E-state index contributed by atoms with van der Waals surface area (Å²) in [5.74, 6) is -2.38. The molecule has 2 aromatic rings. The van der Waals surface area contributed by atoms with Crippen molar-refractivity contribution in [2.45, 2.75) is 6.10 Å². The van der Waals surface area contributed by atoms with Crippen LogP contribution in [0, 0.1) is 11.6 Å². The second kappa shape index (κ2) is 7.00. The number of hydrogen-bond acceptors (Lipinski definition) is 4. The van der Waals surface area contributed by atoms with Crippen LogP contribution in [0.25, 0.3) is 0 Å². The largest absolute Gasteiger partial charge is 0.490 e. The quantitative estimate of drug-likeness (QED) is 0.863. The van der Waals surface area contributed by atoms with Crippen LogP contribution in [-0.4, -0.2) is 24.8 Å². The van der Waals surface area contributed by atoms with Crippen LogP contribution in [0.4, 0.5) is 8.78 Å². The zero-order valence-corrected chi connectivity index (χ0v) is 11.8. The van der Waals surface area contributed by atoms with Gasteiger partial charge in [-0.05, 0) is 29.8 Å². The van der Waals surface area contributed by atoms with Gasteiger partial charge in [-0.2, -0.15) is 0 Å². The highest BCUT2D eigenvalue weighted by Crippen LogP contribution is 2.22. The first-order valence-corrected chi connectivity index (χ1v) is 6.46. The maximum atomic E-state index is 13.1. The van der Waals surface area contributed by atoms with Crippen LogP contribution < -0.4 is 4.74 Å². The Bertz CT molecular complexity index is 673. The molecule has 1 atom stereocenters. The van der Waals surface area contributed by atoms with E-state index < -0.39 is 23.7 Å². The van der Waals surface area contributed by atoms with Gasteiger partial charge in [-0.15, -0.1) is 0 Å². The molecule has 0 radical (unpaired) electrons. The van der Waals surface area contributed by atoms with E-state index in [0.717, 1.165) is 12.1 Å². The highest BCUT2D eigenvalue weighted by molar-refractivity contribution is 5.92. The van der Waals surface area contributed by atoms with E-state index in [1.165, 1.54) is 19.2 Å². The first-order chi connectivity index (χ1) is 10.5. The van der Waals surface area contributed by atoms with Gasteiger partial charge in [0, 0.05) is 0 Å². The Balaban J connectivity index is 2.09. The number of para-hydroxylation sites is 1. The Hall–Kier alpha value is -2.47. The lowest BCUT2D eigenvalue weighted by Crippen LogP contribution is -2.12. The fraction of sp³-hybridized carbons (Fsp3) is 0.188. The molecule has 0 aliphatic heterocycles. The normalized spacial score (nSPS) is 11.8. The first-order valence-electron chi connectivity index (χ1n) is 6.46. The molecular formula is C16H14F2O4. The molecule has 0 bridgehead atoms. The number of halogens is 2. The van der Waals surface area contributed by atoms with Gasteiger partial charge in [-0.3, -0.25) is 0 Å². The van der Waals surface area contributed by atoms with Gasteiger partial charge in [0.2, 0.25) is 0 Å². The Labute approximate surface area is 125 Å². The van der Waals surface area contributed by atoms with Crippen molar-refractivity contribution in [1.29, 1.82) is 0 Å². The molecule has 0 saturated heterocycles. The van der Waals surface area contributed by atoms with E-state index >= 15 is 0 Å². The van der Waals surface area contributed by atoms with Gasteiger partial charge < -0.3 is 14.6 Å². The van der Waals surface area contributed by atoms with Crippen LogP contribution >= 0.6 is 0 Å². The summed E-state index contributed by atoms with van der Waals surface area (Å²) in [6, 6.07) is 9.45. The minimum atomic E-state index is -1.17. The van der Waals surface area contributed by atoms with Crippen LogP contribution in [-0.2, 0) is 4.74 Å². The van der Waals surface area contributed by atoms with Gasteiger partial charge in [0.05, 0.1) is 7.11 Å². The molecule has 0 amide bonds. The summed E-state index contributed by atoms with van der Waals surface area (Å²) in [4.78, 5) is 11.6. The number of methoxy groups -OCH3 is 1. The van der Waals surface area contributed by atoms with E-state index in [2.05, 4.69) is 4.74 Å². The fourth-order valence-corrected chi connectivity index (χ4v) is 1.86. The molecule has 0 aliphatic rings. The van der Waals surface area contributed by atoms with E-state index in [9.17, 15) is 18.7 Å². The summed E-state index contributed by atoms with van der Waals surface area (Å²) in [5.41, 5.74) is 0.386. The predicted molar refractivity (Wildman–Crippen MR) is 74.6 cm³/mol. The maximum Gasteiger partial charge on any atom is 0.341 e. The lowest BCUT2D eigenvalue weighted by atomic mass is 10.1. The van der Waals surface area contributed by atoms with Gasteiger partial charge in [0.15, 0.2) is 11.6 Å². The van der Waals surface area contributed by atoms with Crippen molar-refractivity contribution in [3.05, 3.63) is 65.2 Å². The second-order valence-electron chi connectivity index (χ2n) is 4.49. The average Bonchev–Trinajstić information content (AvgIpc) is 2.54. The maximum absolute atomic E-state index is 13.1. The van der Waals surface area contributed by atoms with Gasteiger partial charge in [0.25, 0.3) is 0 Å². The van der Waals surface area contributed by atoms with E-state index in [-0.39, 0.29) is 23.5 Å². The van der Waals surface area contributed by atoms with E-state index in [0.29, 0.717) is 0 Å². The van der Waals surface area contributed by atoms with Crippen LogP contribution in [0.15, 0.2) is 42.5 Å². The third kappa shape index (κ3) is 3.59. The fourth-order valence-electron chi connectivity index (χ4n) is 1.86. The van der Waals surface area contributed by atoms with Crippen molar-refractivity contribution < 1.29 is 28.2 Å². The summed E-state index contributed by atoms with van der Waals surface area (Å²) in [7, 11) is 1.25. The molecule has 0 spiro atoms. The van der Waals surface area contributed by atoms with Gasteiger partial charge >= 0.3 is 5.97 Å². The lowest BCUT2D eigenvalue weighted by molar-refractivity contribution is 0.0588. The third-order valence-electron chi connectivity index (χ3n) is 3.02. The van der Waals surface area contributed by atoms with Gasteiger partial charge in [-0.1, -0.05) is 18.2 Å². The number of carbonyl (C=O) groups excluding carboxylic acids is 1. The molecule has 4 nitrogen and oxygen atoms in total. The minimum absolute atomic E-state index is 0.175. The Morgan fingerprint density at radius 2 is 1.91 bits per heavy atom. The summed E-state index contributed by atoms with van der Waals surface area (Å²) < 4.78 is 36.0. The number of carbonyl (C=O) groups is 1. The Morgan fingerprint density at radius 1 is 1.18 bits per heavy atom.